The first-order valence-electron chi connectivity index (χ1n) is 9.76. The molecule has 2 N–H and O–H groups in total. The zero-order chi connectivity index (χ0) is 20.4. The Morgan fingerprint density at radius 1 is 1.17 bits per heavy atom. The second-order valence-electron chi connectivity index (χ2n) is 7.24. The van der Waals surface area contributed by atoms with E-state index in [1.54, 1.807) is 11.8 Å². The van der Waals surface area contributed by atoms with E-state index in [2.05, 4.69) is 10.6 Å². The molecule has 4 rings (SSSR count). The number of carbonyl (C=O) groups is 3. The molecule has 29 heavy (non-hydrogen) atoms. The summed E-state index contributed by atoms with van der Waals surface area (Å²) in [5.74, 6) is 0.198. The first kappa shape index (κ1) is 19.5. The fourth-order valence-corrected chi connectivity index (χ4v) is 5.13. The number of urea groups is 1. The van der Waals surface area contributed by atoms with Gasteiger partial charge in [-0.15, -0.1) is 11.8 Å². The van der Waals surface area contributed by atoms with Gasteiger partial charge in [0.05, 0.1) is 6.04 Å². The number of nitrogens with one attached hydrogen (secondary N) is 2. The van der Waals surface area contributed by atoms with Crippen molar-refractivity contribution in [1.82, 2.24) is 15.5 Å². The molecule has 2 heterocycles. The summed E-state index contributed by atoms with van der Waals surface area (Å²) in [5, 5.41) is 5.81. The van der Waals surface area contributed by atoms with Gasteiger partial charge in [-0.25, -0.2) is 4.79 Å². The van der Waals surface area contributed by atoms with Crippen LogP contribution in [0.2, 0.25) is 0 Å². The van der Waals surface area contributed by atoms with Gasteiger partial charge in [0, 0.05) is 10.6 Å². The predicted molar refractivity (Wildman–Crippen MR) is 111 cm³/mol. The van der Waals surface area contributed by atoms with Gasteiger partial charge in [-0.05, 0) is 30.0 Å². The molecule has 2 aliphatic rings. The van der Waals surface area contributed by atoms with E-state index >= 15 is 0 Å². The zero-order valence-corrected chi connectivity index (χ0v) is 17.0. The molecule has 150 valence electrons. The summed E-state index contributed by atoms with van der Waals surface area (Å²) >= 11 is 1.77. The van der Waals surface area contributed by atoms with Crippen molar-refractivity contribution in [2.45, 2.75) is 36.2 Å². The average Bonchev–Trinajstić information content (AvgIpc) is 3.00. The Morgan fingerprint density at radius 3 is 2.66 bits per heavy atom. The van der Waals surface area contributed by atoms with Gasteiger partial charge in [0.15, 0.2) is 0 Å². The molecule has 4 amide bonds. The van der Waals surface area contributed by atoms with Crippen LogP contribution in [-0.2, 0) is 15.1 Å². The van der Waals surface area contributed by atoms with Crippen LogP contribution in [0.5, 0.6) is 0 Å². The molecule has 0 radical (unpaired) electrons. The summed E-state index contributed by atoms with van der Waals surface area (Å²) in [6, 6.07) is 16.5. The fraction of sp³-hybridized carbons (Fsp3) is 0.318. The smallest absolute Gasteiger partial charge is 0.325 e. The lowest BCUT2D eigenvalue weighted by Crippen LogP contribution is -2.45. The van der Waals surface area contributed by atoms with Gasteiger partial charge in [0.25, 0.3) is 5.91 Å². The van der Waals surface area contributed by atoms with Crippen molar-refractivity contribution < 1.29 is 14.4 Å². The summed E-state index contributed by atoms with van der Waals surface area (Å²) in [6.07, 6.45) is 1.23. The van der Waals surface area contributed by atoms with Gasteiger partial charge in [-0.1, -0.05) is 55.5 Å². The standard InChI is InChI=1S/C22H23N3O3S/c1-2-22(15-8-4-3-5-9-15)20(27)25(21(28)24-22)14-19(26)23-17-12-13-29-18-11-7-6-10-16(17)18/h3-11,17H,2,12-14H2,1H3,(H,23,26)(H,24,28)/t17-,22+/m0/s1. The highest BCUT2D eigenvalue weighted by molar-refractivity contribution is 7.99. The fourth-order valence-electron chi connectivity index (χ4n) is 4.01. The third-order valence-electron chi connectivity index (χ3n) is 5.57. The second kappa shape index (κ2) is 7.91. The van der Waals surface area contributed by atoms with Crippen molar-refractivity contribution in [2.75, 3.05) is 12.3 Å². The van der Waals surface area contributed by atoms with E-state index in [9.17, 15) is 14.4 Å². The highest BCUT2D eigenvalue weighted by atomic mass is 32.2. The van der Waals surface area contributed by atoms with Crippen molar-refractivity contribution in [3.63, 3.8) is 0 Å². The van der Waals surface area contributed by atoms with Gasteiger partial charge < -0.3 is 10.6 Å². The summed E-state index contributed by atoms with van der Waals surface area (Å²) in [6.45, 7) is 1.57. The minimum atomic E-state index is -1.12. The second-order valence-corrected chi connectivity index (χ2v) is 8.38. The molecule has 6 nitrogen and oxygen atoms in total. The first-order chi connectivity index (χ1) is 14.0. The van der Waals surface area contributed by atoms with Crippen LogP contribution in [0, 0.1) is 0 Å². The van der Waals surface area contributed by atoms with Crippen molar-refractivity contribution in [1.29, 1.82) is 0 Å². The normalized spacial score (nSPS) is 23.5. The number of nitrogens with zero attached hydrogens (tertiary/aromatic N) is 1. The molecule has 0 spiro atoms. The summed E-state index contributed by atoms with van der Waals surface area (Å²) in [5.41, 5.74) is 0.690. The Labute approximate surface area is 174 Å². The first-order valence-corrected chi connectivity index (χ1v) is 10.7. The van der Waals surface area contributed by atoms with Gasteiger partial charge in [-0.2, -0.15) is 0 Å². The maximum absolute atomic E-state index is 13.2. The predicted octanol–water partition coefficient (Wildman–Crippen LogP) is 3.20. The van der Waals surface area contributed by atoms with Crippen LogP contribution in [0.15, 0.2) is 59.5 Å². The van der Waals surface area contributed by atoms with Gasteiger partial charge in [-0.3, -0.25) is 14.5 Å². The van der Waals surface area contributed by atoms with E-state index in [-0.39, 0.29) is 24.4 Å². The van der Waals surface area contributed by atoms with E-state index in [1.165, 1.54) is 0 Å². The van der Waals surface area contributed by atoms with Crippen molar-refractivity contribution >= 4 is 29.6 Å². The van der Waals surface area contributed by atoms with Crippen molar-refractivity contribution in [2.24, 2.45) is 0 Å². The van der Waals surface area contributed by atoms with Crippen LogP contribution in [0.25, 0.3) is 0 Å². The molecule has 0 unspecified atom stereocenters. The number of hydrogen-bond acceptors (Lipinski definition) is 4. The molecule has 0 bridgehead atoms. The van der Waals surface area contributed by atoms with E-state index in [0.29, 0.717) is 6.42 Å². The van der Waals surface area contributed by atoms with Crippen LogP contribution in [0.3, 0.4) is 0 Å². The number of fused-ring (bicyclic) bond motifs is 1. The highest BCUT2D eigenvalue weighted by Gasteiger charge is 2.51. The third-order valence-corrected chi connectivity index (χ3v) is 6.69. The van der Waals surface area contributed by atoms with Gasteiger partial charge in [0.1, 0.15) is 12.1 Å². The van der Waals surface area contributed by atoms with Crippen LogP contribution in [0.4, 0.5) is 4.79 Å². The lowest BCUT2D eigenvalue weighted by atomic mass is 9.87. The molecule has 2 atom stereocenters. The Morgan fingerprint density at radius 2 is 1.90 bits per heavy atom. The number of imide groups is 1. The number of carbonyl (C=O) groups excluding carboxylic acids is 3. The molecule has 2 aromatic rings. The Hall–Kier alpha value is -2.80. The Bertz CT molecular complexity index is 949. The largest absolute Gasteiger partial charge is 0.348 e. The maximum atomic E-state index is 13.2. The van der Waals surface area contributed by atoms with E-state index in [0.717, 1.165) is 33.1 Å². The van der Waals surface area contributed by atoms with Crippen LogP contribution < -0.4 is 10.6 Å². The molecule has 1 fully saturated rings. The summed E-state index contributed by atoms with van der Waals surface area (Å²) < 4.78 is 0. The van der Waals surface area contributed by atoms with Crippen LogP contribution in [0.1, 0.15) is 36.9 Å². The third kappa shape index (κ3) is 3.51. The molecular weight excluding hydrogens is 386 g/mol. The maximum Gasteiger partial charge on any atom is 0.325 e. The number of amides is 4. The Kier molecular flexibility index (Phi) is 5.32. The van der Waals surface area contributed by atoms with E-state index in [4.69, 9.17) is 0 Å². The number of benzene rings is 2. The minimum absolute atomic E-state index is 0.106. The average molecular weight is 410 g/mol. The lowest BCUT2D eigenvalue weighted by molar-refractivity contribution is -0.135. The highest BCUT2D eigenvalue weighted by Crippen LogP contribution is 2.36. The Balaban J connectivity index is 1.49. The SMILES string of the molecule is CC[C@]1(c2ccccc2)NC(=O)N(CC(=O)N[C@H]2CCSc3ccccc32)C1=O. The topological polar surface area (TPSA) is 78.5 Å². The molecule has 1 saturated heterocycles. The van der Waals surface area contributed by atoms with Crippen LogP contribution >= 0.6 is 11.8 Å². The number of thioether (sulfide) groups is 1. The molecule has 0 aromatic heterocycles. The monoisotopic (exact) mass is 409 g/mol. The summed E-state index contributed by atoms with van der Waals surface area (Å²) in [4.78, 5) is 40.6. The molecule has 2 aromatic carbocycles. The minimum Gasteiger partial charge on any atom is -0.348 e. The molecule has 0 aliphatic carbocycles. The number of hydrogen-bond donors (Lipinski definition) is 2. The lowest BCUT2D eigenvalue weighted by Gasteiger charge is -2.27. The zero-order valence-electron chi connectivity index (χ0n) is 16.2. The van der Waals surface area contributed by atoms with Gasteiger partial charge in [0.2, 0.25) is 5.91 Å². The molecule has 2 aliphatic heterocycles. The van der Waals surface area contributed by atoms with E-state index < -0.39 is 11.6 Å². The van der Waals surface area contributed by atoms with E-state index in [1.807, 2.05) is 61.5 Å². The van der Waals surface area contributed by atoms with Crippen molar-refractivity contribution in [3.8, 4) is 0 Å². The van der Waals surface area contributed by atoms with Crippen molar-refractivity contribution in [3.05, 3.63) is 65.7 Å². The molecular formula is C22H23N3O3S. The molecule has 7 heteroatoms. The van der Waals surface area contributed by atoms with Gasteiger partial charge >= 0.3 is 6.03 Å². The number of rotatable bonds is 5. The quantitative estimate of drug-likeness (QED) is 0.744. The van der Waals surface area contributed by atoms with Crippen LogP contribution in [-0.4, -0.2) is 35.0 Å². The summed E-state index contributed by atoms with van der Waals surface area (Å²) in [7, 11) is 0. The molecule has 0 saturated carbocycles.